The molecule has 0 rings (SSSR count). The number of unbranched alkanes of at least 4 members (excludes halogenated alkanes) is 44. The van der Waals surface area contributed by atoms with Crippen LogP contribution in [-0.2, 0) is 14.3 Å². The van der Waals surface area contributed by atoms with Crippen molar-refractivity contribution in [1.29, 1.82) is 0 Å². The summed E-state index contributed by atoms with van der Waals surface area (Å²) in [4.78, 5) is 24.5. The Balaban J connectivity index is 3.44. The molecule has 2 unspecified atom stereocenters. The molecule has 64 heavy (non-hydrogen) atoms. The van der Waals surface area contributed by atoms with Crippen LogP contribution in [0.2, 0.25) is 0 Å². The lowest BCUT2D eigenvalue weighted by atomic mass is 10.0. The van der Waals surface area contributed by atoms with Crippen LogP contribution in [0.4, 0.5) is 0 Å². The zero-order valence-electron chi connectivity index (χ0n) is 43.5. The predicted molar refractivity (Wildman–Crippen MR) is 278 cm³/mol. The summed E-state index contributed by atoms with van der Waals surface area (Å²) in [6.07, 6.45) is 62.3. The van der Waals surface area contributed by atoms with Crippen molar-refractivity contribution in [3.05, 3.63) is 0 Å². The van der Waals surface area contributed by atoms with Gasteiger partial charge in [0.15, 0.2) is 0 Å². The number of carbonyl (C=O) groups excluding carboxylic acids is 2. The lowest BCUT2D eigenvalue weighted by Crippen LogP contribution is -2.45. The van der Waals surface area contributed by atoms with E-state index in [1.807, 2.05) is 0 Å². The second-order valence-electron chi connectivity index (χ2n) is 20.3. The average Bonchev–Trinajstić information content (AvgIpc) is 3.29. The van der Waals surface area contributed by atoms with Gasteiger partial charge in [0.1, 0.15) is 0 Å². The number of hydrogen-bond acceptors (Lipinski definition) is 5. The van der Waals surface area contributed by atoms with Crippen LogP contribution in [-0.4, -0.2) is 47.4 Å². The van der Waals surface area contributed by atoms with Crippen LogP contribution in [0.5, 0.6) is 0 Å². The van der Waals surface area contributed by atoms with Crippen molar-refractivity contribution in [3.8, 4) is 0 Å². The van der Waals surface area contributed by atoms with E-state index in [1.165, 1.54) is 244 Å². The first-order chi connectivity index (χ1) is 31.5. The zero-order chi connectivity index (χ0) is 46.5. The molecular formula is C58H115NO5. The molecule has 0 aliphatic rings. The SMILES string of the molecule is CCCCCCCCCCCCCCCCCCCCCCCCCC(O)C(CO)NC(=O)CCCCCCCCCCCCCCOC(=O)CCCCCCCCCCCCCC. The normalized spacial score (nSPS) is 12.5. The van der Waals surface area contributed by atoms with Gasteiger partial charge in [0.2, 0.25) is 5.91 Å². The Morgan fingerprint density at radius 3 is 0.953 bits per heavy atom. The smallest absolute Gasteiger partial charge is 0.305 e. The third-order valence-electron chi connectivity index (χ3n) is 13.9. The molecule has 0 spiro atoms. The van der Waals surface area contributed by atoms with Crippen LogP contribution < -0.4 is 5.32 Å². The first-order valence-corrected chi connectivity index (χ1v) is 29.3. The summed E-state index contributed by atoms with van der Waals surface area (Å²) in [7, 11) is 0. The number of ether oxygens (including phenoxy) is 1. The highest BCUT2D eigenvalue weighted by molar-refractivity contribution is 5.76. The second-order valence-corrected chi connectivity index (χ2v) is 20.3. The van der Waals surface area contributed by atoms with E-state index in [9.17, 15) is 19.8 Å². The van der Waals surface area contributed by atoms with Crippen molar-refractivity contribution in [1.82, 2.24) is 5.32 Å². The van der Waals surface area contributed by atoms with Crippen LogP contribution in [0.1, 0.15) is 335 Å². The molecule has 6 nitrogen and oxygen atoms in total. The van der Waals surface area contributed by atoms with Gasteiger partial charge in [-0.25, -0.2) is 0 Å². The molecule has 0 fully saturated rings. The number of esters is 1. The zero-order valence-corrected chi connectivity index (χ0v) is 43.5. The van der Waals surface area contributed by atoms with Gasteiger partial charge >= 0.3 is 5.97 Å². The maximum atomic E-state index is 12.5. The van der Waals surface area contributed by atoms with Gasteiger partial charge in [-0.05, 0) is 25.7 Å². The van der Waals surface area contributed by atoms with Crippen LogP contribution in [0, 0.1) is 0 Å². The minimum Gasteiger partial charge on any atom is -0.466 e. The standard InChI is InChI=1S/C58H115NO5/c1-3-5-7-9-11-13-15-17-18-19-20-21-22-23-24-25-26-27-30-34-38-42-46-50-56(61)55(54-60)59-57(62)51-47-43-39-35-31-28-29-33-37-41-45-49-53-64-58(63)52-48-44-40-36-32-16-14-12-10-8-6-4-2/h55-56,60-61H,3-54H2,1-2H3,(H,59,62). The Morgan fingerprint density at radius 2 is 0.641 bits per heavy atom. The number of aliphatic hydroxyl groups is 2. The molecule has 382 valence electrons. The van der Waals surface area contributed by atoms with Gasteiger partial charge in [-0.3, -0.25) is 9.59 Å². The molecule has 0 saturated carbocycles. The largest absolute Gasteiger partial charge is 0.466 e. The topological polar surface area (TPSA) is 95.9 Å². The highest BCUT2D eigenvalue weighted by Gasteiger charge is 2.20. The molecule has 0 saturated heterocycles. The molecule has 6 heteroatoms. The van der Waals surface area contributed by atoms with E-state index in [-0.39, 0.29) is 18.5 Å². The van der Waals surface area contributed by atoms with Crippen LogP contribution in [0.3, 0.4) is 0 Å². The van der Waals surface area contributed by atoms with Gasteiger partial charge in [-0.2, -0.15) is 0 Å². The monoisotopic (exact) mass is 906 g/mol. The first-order valence-electron chi connectivity index (χ1n) is 29.3. The van der Waals surface area contributed by atoms with Crippen molar-refractivity contribution >= 4 is 11.9 Å². The molecule has 0 heterocycles. The molecule has 0 radical (unpaired) electrons. The highest BCUT2D eigenvalue weighted by atomic mass is 16.5. The fourth-order valence-corrected chi connectivity index (χ4v) is 9.41. The van der Waals surface area contributed by atoms with Crippen molar-refractivity contribution < 1.29 is 24.5 Å². The van der Waals surface area contributed by atoms with Crippen molar-refractivity contribution in [2.24, 2.45) is 0 Å². The number of aliphatic hydroxyl groups excluding tert-OH is 2. The quantitative estimate of drug-likeness (QED) is 0.0417. The Labute approximate surface area is 400 Å². The molecule has 0 aromatic rings. The van der Waals surface area contributed by atoms with Gasteiger partial charge in [0, 0.05) is 12.8 Å². The third kappa shape index (κ3) is 50.3. The Morgan fingerprint density at radius 1 is 0.375 bits per heavy atom. The fourth-order valence-electron chi connectivity index (χ4n) is 9.41. The van der Waals surface area contributed by atoms with Crippen molar-refractivity contribution in [2.45, 2.75) is 347 Å². The summed E-state index contributed by atoms with van der Waals surface area (Å²) in [5.41, 5.74) is 0. The van der Waals surface area contributed by atoms with Crippen LogP contribution in [0.25, 0.3) is 0 Å². The van der Waals surface area contributed by atoms with E-state index in [0.717, 1.165) is 57.8 Å². The highest BCUT2D eigenvalue weighted by Crippen LogP contribution is 2.18. The summed E-state index contributed by atoms with van der Waals surface area (Å²) in [5, 5.41) is 23.3. The number of carbonyl (C=O) groups is 2. The minimum atomic E-state index is -0.674. The van der Waals surface area contributed by atoms with E-state index in [1.54, 1.807) is 0 Å². The summed E-state index contributed by atoms with van der Waals surface area (Å²) >= 11 is 0. The number of hydrogen-bond donors (Lipinski definition) is 3. The number of nitrogens with one attached hydrogen (secondary N) is 1. The van der Waals surface area contributed by atoms with Crippen molar-refractivity contribution in [2.75, 3.05) is 13.2 Å². The fraction of sp³-hybridized carbons (Fsp3) is 0.966. The van der Waals surface area contributed by atoms with Crippen molar-refractivity contribution in [3.63, 3.8) is 0 Å². The second kappa shape index (κ2) is 54.5. The first kappa shape index (κ1) is 62.9. The van der Waals surface area contributed by atoms with Crippen LogP contribution in [0.15, 0.2) is 0 Å². The molecule has 0 bridgehead atoms. The molecule has 2 atom stereocenters. The predicted octanol–water partition coefficient (Wildman–Crippen LogP) is 17.9. The Hall–Kier alpha value is -1.14. The van der Waals surface area contributed by atoms with Gasteiger partial charge in [0.25, 0.3) is 0 Å². The van der Waals surface area contributed by atoms with E-state index >= 15 is 0 Å². The number of amides is 1. The molecular weight excluding hydrogens is 791 g/mol. The Bertz CT molecular complexity index is 913. The van der Waals surface area contributed by atoms with Gasteiger partial charge in [-0.15, -0.1) is 0 Å². The van der Waals surface area contributed by atoms with E-state index in [4.69, 9.17) is 4.74 Å². The van der Waals surface area contributed by atoms with Crippen LogP contribution >= 0.6 is 0 Å². The summed E-state index contributed by atoms with van der Waals surface area (Å²) < 4.78 is 5.46. The summed E-state index contributed by atoms with van der Waals surface area (Å²) in [6, 6.07) is -0.552. The van der Waals surface area contributed by atoms with Gasteiger partial charge in [-0.1, -0.05) is 296 Å². The van der Waals surface area contributed by atoms with Gasteiger partial charge in [0.05, 0.1) is 25.4 Å². The maximum Gasteiger partial charge on any atom is 0.305 e. The molecule has 0 aliphatic carbocycles. The molecule has 1 amide bonds. The Kier molecular flexibility index (Phi) is 53.5. The summed E-state index contributed by atoms with van der Waals surface area (Å²) in [5.74, 6) is -0.0530. The van der Waals surface area contributed by atoms with E-state index in [2.05, 4.69) is 19.2 Å². The minimum absolute atomic E-state index is 0.00705. The molecule has 0 aromatic heterocycles. The lowest BCUT2D eigenvalue weighted by molar-refractivity contribution is -0.143. The van der Waals surface area contributed by atoms with Gasteiger partial charge < -0.3 is 20.3 Å². The third-order valence-corrected chi connectivity index (χ3v) is 13.9. The molecule has 3 N–H and O–H groups in total. The molecule has 0 aliphatic heterocycles. The average molecular weight is 907 g/mol. The molecule has 0 aromatic carbocycles. The van der Waals surface area contributed by atoms with E-state index < -0.39 is 12.1 Å². The number of rotatable bonds is 55. The van der Waals surface area contributed by atoms with E-state index in [0.29, 0.717) is 25.9 Å². The summed E-state index contributed by atoms with van der Waals surface area (Å²) in [6.45, 7) is 4.95. The lowest BCUT2D eigenvalue weighted by Gasteiger charge is -2.22. The maximum absolute atomic E-state index is 12.5.